The molecule has 0 radical (unpaired) electrons. The number of halogens is 5. The lowest BCUT2D eigenvalue weighted by molar-refractivity contribution is -0.140. The van der Waals surface area contributed by atoms with E-state index in [1.54, 1.807) is 0 Å². The van der Waals surface area contributed by atoms with Crippen molar-refractivity contribution in [1.29, 1.82) is 0 Å². The Morgan fingerprint density at radius 1 is 1.20 bits per heavy atom. The van der Waals surface area contributed by atoms with Crippen LogP contribution in [0.4, 0.5) is 27.6 Å². The molecule has 1 saturated carbocycles. The third-order valence-corrected chi connectivity index (χ3v) is 6.37. The maximum Gasteiger partial charge on any atom is 0.419 e. The molecule has 186 valence electrons. The zero-order valence-corrected chi connectivity index (χ0v) is 19.5. The number of anilines is 1. The average Bonchev–Trinajstić information content (AvgIpc) is 2.94. The summed E-state index contributed by atoms with van der Waals surface area (Å²) in [6.45, 7) is 4.29. The molecule has 0 unspecified atom stereocenters. The van der Waals surface area contributed by atoms with Crippen molar-refractivity contribution < 1.29 is 36.3 Å². The van der Waals surface area contributed by atoms with E-state index in [-0.39, 0.29) is 47.5 Å². The fraction of sp³-hybridized carbons (Fsp3) is 0.400. The van der Waals surface area contributed by atoms with Crippen molar-refractivity contribution in [3.8, 4) is 12.3 Å². The first-order valence-corrected chi connectivity index (χ1v) is 10.6. The number of alkyl halides is 4. The molecule has 2 aromatic rings. The van der Waals surface area contributed by atoms with Crippen LogP contribution in [-0.4, -0.2) is 27.7 Å². The van der Waals surface area contributed by atoms with Crippen LogP contribution in [0.1, 0.15) is 63.9 Å². The summed E-state index contributed by atoms with van der Waals surface area (Å²) in [5.41, 5.74) is -4.09. The highest BCUT2D eigenvalue weighted by molar-refractivity contribution is 6.44. The molecule has 3 rings (SSSR count). The number of nitrogens with zero attached hydrogens (tertiary/aromatic N) is 1. The molecule has 0 atom stereocenters. The van der Waals surface area contributed by atoms with Crippen LogP contribution in [0.5, 0.6) is 0 Å². The van der Waals surface area contributed by atoms with Gasteiger partial charge in [-0.05, 0) is 57.4 Å². The minimum absolute atomic E-state index is 0.0350. The van der Waals surface area contributed by atoms with Crippen molar-refractivity contribution in [2.24, 2.45) is 12.5 Å². The fourth-order valence-corrected chi connectivity index (χ4v) is 4.81. The molecule has 35 heavy (non-hydrogen) atoms. The highest BCUT2D eigenvalue weighted by atomic mass is 19.4. The van der Waals surface area contributed by atoms with E-state index >= 15 is 0 Å². The van der Waals surface area contributed by atoms with Crippen molar-refractivity contribution in [3.05, 3.63) is 52.1 Å². The molecule has 1 heterocycles. The van der Waals surface area contributed by atoms with Gasteiger partial charge in [-0.1, -0.05) is 5.92 Å². The van der Waals surface area contributed by atoms with Crippen LogP contribution in [-0.2, 0) is 18.0 Å². The summed E-state index contributed by atoms with van der Waals surface area (Å²) in [5.74, 6) is -1.63. The van der Waals surface area contributed by atoms with E-state index in [1.165, 1.54) is 32.4 Å². The van der Waals surface area contributed by atoms with E-state index < -0.39 is 46.1 Å². The lowest BCUT2D eigenvalue weighted by atomic mass is 9.59. The number of terminal acetylenes is 1. The highest BCUT2D eigenvalue weighted by Crippen LogP contribution is 2.52. The van der Waals surface area contributed by atoms with E-state index in [9.17, 15) is 36.3 Å². The Morgan fingerprint density at radius 2 is 1.80 bits per heavy atom. The standard InChI is InChI=1S/C25H23F5N2O3/c1-6-24(11-23(4,27)12-24)10-18(33)21(34)19-13(2)20(32(5)14(19)3)22(35)31-15-7-8-17(26)16(9-15)25(28,29)30/h1,7-9H,10-12H2,2-5H3,(H,31,35). The number of amides is 1. The van der Waals surface area contributed by atoms with Gasteiger partial charge in [-0.3, -0.25) is 14.4 Å². The predicted molar refractivity (Wildman–Crippen MR) is 118 cm³/mol. The number of carbonyl (C=O) groups is 3. The molecule has 1 N–H and O–H groups in total. The number of carbonyl (C=O) groups excluding carboxylic acids is 3. The molecule has 1 aromatic carbocycles. The van der Waals surface area contributed by atoms with Crippen molar-refractivity contribution in [1.82, 2.24) is 4.57 Å². The second kappa shape index (κ2) is 8.63. The van der Waals surface area contributed by atoms with Gasteiger partial charge >= 0.3 is 6.18 Å². The maximum atomic E-state index is 14.0. The second-order valence-corrected chi connectivity index (χ2v) is 9.26. The number of benzene rings is 1. The molecular formula is C25H23F5N2O3. The smallest absolute Gasteiger partial charge is 0.343 e. The van der Waals surface area contributed by atoms with Gasteiger partial charge in [-0.25, -0.2) is 8.78 Å². The molecule has 0 aliphatic heterocycles. The van der Waals surface area contributed by atoms with Gasteiger partial charge in [-0.15, -0.1) is 6.42 Å². The van der Waals surface area contributed by atoms with E-state index in [1.807, 2.05) is 0 Å². The van der Waals surface area contributed by atoms with Gasteiger partial charge in [0.15, 0.2) is 0 Å². The Kier molecular flexibility index (Phi) is 6.44. The summed E-state index contributed by atoms with van der Waals surface area (Å²) in [4.78, 5) is 38.6. The van der Waals surface area contributed by atoms with Crippen LogP contribution in [0, 0.1) is 37.4 Å². The van der Waals surface area contributed by atoms with Crippen molar-refractivity contribution in [3.63, 3.8) is 0 Å². The van der Waals surface area contributed by atoms with E-state index in [2.05, 4.69) is 11.2 Å². The van der Waals surface area contributed by atoms with Gasteiger partial charge in [0.05, 0.1) is 11.1 Å². The summed E-state index contributed by atoms with van der Waals surface area (Å²) < 4.78 is 67.9. The third-order valence-electron chi connectivity index (χ3n) is 6.37. The Balaban J connectivity index is 1.87. The number of hydrogen-bond donors (Lipinski definition) is 1. The van der Waals surface area contributed by atoms with Crippen molar-refractivity contribution in [2.45, 2.75) is 51.9 Å². The Labute approximate surface area is 198 Å². The first-order valence-electron chi connectivity index (χ1n) is 10.6. The van der Waals surface area contributed by atoms with E-state index in [4.69, 9.17) is 6.42 Å². The molecule has 5 nitrogen and oxygen atoms in total. The zero-order chi connectivity index (χ0) is 26.5. The summed E-state index contributed by atoms with van der Waals surface area (Å²) in [5, 5.41) is 2.27. The maximum absolute atomic E-state index is 14.0. The molecule has 1 aromatic heterocycles. The first-order chi connectivity index (χ1) is 16.0. The number of rotatable bonds is 6. The molecule has 0 spiro atoms. The molecule has 0 saturated heterocycles. The third kappa shape index (κ3) is 4.85. The molecule has 1 aliphatic carbocycles. The quantitative estimate of drug-likeness (QED) is 0.255. The van der Waals surface area contributed by atoms with Gasteiger partial charge in [0.2, 0.25) is 11.6 Å². The molecule has 1 amide bonds. The highest BCUT2D eigenvalue weighted by Gasteiger charge is 2.53. The number of nitrogens with one attached hydrogen (secondary N) is 1. The normalized spacial score (nSPS) is 21.7. The fourth-order valence-electron chi connectivity index (χ4n) is 4.81. The van der Waals surface area contributed by atoms with Crippen LogP contribution in [0.25, 0.3) is 0 Å². The Morgan fingerprint density at radius 3 is 2.31 bits per heavy atom. The molecule has 1 aliphatic rings. The summed E-state index contributed by atoms with van der Waals surface area (Å²) in [6.07, 6.45) is 0.0969. The summed E-state index contributed by atoms with van der Waals surface area (Å²) >= 11 is 0. The minimum atomic E-state index is -4.96. The molecule has 10 heteroatoms. The van der Waals surface area contributed by atoms with Gasteiger partial charge in [0.25, 0.3) is 5.91 Å². The van der Waals surface area contributed by atoms with Gasteiger partial charge < -0.3 is 9.88 Å². The number of Topliss-reactive ketones (excluding diaryl/α,β-unsaturated/α-hetero) is 2. The second-order valence-electron chi connectivity index (χ2n) is 9.26. The lowest BCUT2D eigenvalue weighted by Gasteiger charge is -2.46. The number of aromatic nitrogens is 1. The lowest BCUT2D eigenvalue weighted by Crippen LogP contribution is -2.47. The summed E-state index contributed by atoms with van der Waals surface area (Å²) in [6, 6.07) is 2.02. The molecular weight excluding hydrogens is 471 g/mol. The molecule has 0 bridgehead atoms. The summed E-state index contributed by atoms with van der Waals surface area (Å²) in [7, 11) is 1.45. The SMILES string of the molecule is C#CC1(CC(=O)C(=O)c2c(C)c(C(=O)Nc3ccc(F)c(C(F)(F)F)c3)n(C)c2C)CC(C)(F)C1. The largest absolute Gasteiger partial charge is 0.419 e. The van der Waals surface area contributed by atoms with Crippen LogP contribution in [0.3, 0.4) is 0 Å². The topological polar surface area (TPSA) is 68.2 Å². The van der Waals surface area contributed by atoms with Crippen molar-refractivity contribution >= 4 is 23.2 Å². The Hall–Kier alpha value is -3.48. The van der Waals surface area contributed by atoms with E-state index in [0.717, 1.165) is 6.07 Å². The van der Waals surface area contributed by atoms with Gasteiger partial charge in [0, 0.05) is 30.3 Å². The number of hydrogen-bond acceptors (Lipinski definition) is 3. The van der Waals surface area contributed by atoms with Crippen LogP contribution in [0.15, 0.2) is 18.2 Å². The average molecular weight is 494 g/mol. The van der Waals surface area contributed by atoms with E-state index in [0.29, 0.717) is 12.1 Å². The zero-order valence-electron chi connectivity index (χ0n) is 19.5. The minimum Gasteiger partial charge on any atom is -0.343 e. The van der Waals surface area contributed by atoms with Crippen LogP contribution in [0.2, 0.25) is 0 Å². The predicted octanol–water partition coefficient (Wildman–Crippen LogP) is 5.34. The van der Waals surface area contributed by atoms with Gasteiger partial charge in [0.1, 0.15) is 17.2 Å². The van der Waals surface area contributed by atoms with Crippen LogP contribution < -0.4 is 5.32 Å². The van der Waals surface area contributed by atoms with Gasteiger partial charge in [-0.2, -0.15) is 13.2 Å². The first kappa shape index (κ1) is 26.1. The van der Waals surface area contributed by atoms with Crippen LogP contribution >= 0.6 is 0 Å². The Bertz CT molecular complexity index is 1270. The monoisotopic (exact) mass is 494 g/mol. The molecule has 1 fully saturated rings. The number of ketones is 2. The van der Waals surface area contributed by atoms with Crippen molar-refractivity contribution in [2.75, 3.05) is 5.32 Å².